The van der Waals surface area contributed by atoms with E-state index in [1.54, 1.807) is 9.80 Å². The Kier molecular flexibility index (Phi) is 9.44. The van der Waals surface area contributed by atoms with E-state index in [2.05, 4.69) is 0 Å². The first-order valence-electron chi connectivity index (χ1n) is 16.5. The number of anilines is 2. The Hall–Kier alpha value is -5.24. The second-order valence-corrected chi connectivity index (χ2v) is 12.5. The second-order valence-electron chi connectivity index (χ2n) is 12.5. The van der Waals surface area contributed by atoms with Crippen molar-refractivity contribution in [3.8, 4) is 0 Å². The summed E-state index contributed by atoms with van der Waals surface area (Å²) in [5.74, 6) is -1.15. The summed E-state index contributed by atoms with van der Waals surface area (Å²) in [4.78, 5) is 58.3. The highest BCUT2D eigenvalue weighted by atomic mass is 16.5. The van der Waals surface area contributed by atoms with Crippen LogP contribution in [0, 0.1) is 0 Å². The molecular formula is C40H40N2O6. The minimum atomic E-state index is -1.35. The number of amides is 2. The minimum Gasteiger partial charge on any atom is -0.466 e. The van der Waals surface area contributed by atoms with Gasteiger partial charge in [-0.2, -0.15) is 0 Å². The Morgan fingerprint density at radius 1 is 0.542 bits per heavy atom. The van der Waals surface area contributed by atoms with Gasteiger partial charge >= 0.3 is 11.9 Å². The fraction of sp³-hybridized carbons (Fsp3) is 0.300. The fourth-order valence-corrected chi connectivity index (χ4v) is 7.74. The Bertz CT molecular complexity index is 1680. The molecule has 8 nitrogen and oxygen atoms in total. The number of esters is 2. The molecule has 0 N–H and O–H groups in total. The maximum absolute atomic E-state index is 15.5. The van der Waals surface area contributed by atoms with Crippen LogP contribution in [0.1, 0.15) is 61.8 Å². The first kappa shape index (κ1) is 32.7. The number of carbonyl (C=O) groups excluding carboxylic acids is 4. The van der Waals surface area contributed by atoms with Gasteiger partial charge in [-0.05, 0) is 60.1 Å². The van der Waals surface area contributed by atoms with E-state index in [1.165, 1.54) is 13.8 Å². The molecule has 2 unspecified atom stereocenters. The molecule has 0 bridgehead atoms. The highest BCUT2D eigenvalue weighted by molar-refractivity contribution is 6.18. The van der Waals surface area contributed by atoms with Crippen molar-refractivity contribution in [1.82, 2.24) is 0 Å². The Balaban J connectivity index is 1.57. The van der Waals surface area contributed by atoms with Crippen LogP contribution in [0.3, 0.4) is 0 Å². The molecule has 0 aromatic heterocycles. The van der Waals surface area contributed by atoms with E-state index >= 15 is 9.59 Å². The van der Waals surface area contributed by atoms with Crippen LogP contribution in [-0.2, 0) is 52.6 Å². The number of hydrogen-bond donors (Lipinski definition) is 0. The number of rotatable bonds is 13. The molecule has 0 fully saturated rings. The summed E-state index contributed by atoms with van der Waals surface area (Å²) >= 11 is 0. The van der Waals surface area contributed by atoms with Crippen molar-refractivity contribution in [3.63, 3.8) is 0 Å². The van der Waals surface area contributed by atoms with E-state index in [4.69, 9.17) is 9.47 Å². The van der Waals surface area contributed by atoms with Gasteiger partial charge in [0.1, 0.15) is 0 Å². The normalized spacial score (nSPS) is 19.6. The van der Waals surface area contributed by atoms with Gasteiger partial charge in [0.15, 0.2) is 0 Å². The van der Waals surface area contributed by atoms with E-state index in [-0.39, 0.29) is 37.9 Å². The monoisotopic (exact) mass is 644 g/mol. The van der Waals surface area contributed by atoms with Crippen LogP contribution in [0.15, 0.2) is 109 Å². The molecule has 8 heteroatoms. The van der Waals surface area contributed by atoms with E-state index in [9.17, 15) is 9.59 Å². The molecule has 246 valence electrons. The lowest BCUT2D eigenvalue weighted by atomic mass is 9.54. The molecule has 2 atom stereocenters. The number of carbonyl (C=O) groups is 4. The molecule has 0 radical (unpaired) electrons. The Labute approximate surface area is 281 Å². The summed E-state index contributed by atoms with van der Waals surface area (Å²) in [6.45, 7) is 3.60. The summed E-state index contributed by atoms with van der Waals surface area (Å²) in [5, 5.41) is 0. The predicted octanol–water partition coefficient (Wildman–Crippen LogP) is 6.64. The van der Waals surface area contributed by atoms with Gasteiger partial charge in [-0.25, -0.2) is 0 Å². The molecule has 4 aromatic carbocycles. The highest BCUT2D eigenvalue weighted by Gasteiger charge is 2.69. The number of nitrogens with zero attached hydrogens (tertiary/aromatic N) is 2. The van der Waals surface area contributed by atoms with Gasteiger partial charge < -0.3 is 19.3 Å². The lowest BCUT2D eigenvalue weighted by Crippen LogP contribution is -2.60. The topological polar surface area (TPSA) is 93.2 Å². The van der Waals surface area contributed by atoms with E-state index in [0.717, 1.165) is 33.6 Å². The molecule has 4 aromatic rings. The third-order valence-electron chi connectivity index (χ3n) is 9.63. The van der Waals surface area contributed by atoms with E-state index in [0.29, 0.717) is 25.9 Å². The summed E-state index contributed by atoms with van der Waals surface area (Å²) in [5.41, 5.74) is 2.26. The third kappa shape index (κ3) is 5.76. The van der Waals surface area contributed by atoms with Crippen LogP contribution >= 0.6 is 0 Å². The molecule has 2 heterocycles. The van der Waals surface area contributed by atoms with Crippen molar-refractivity contribution in [2.75, 3.05) is 23.0 Å². The van der Waals surface area contributed by atoms with E-state index in [1.807, 2.05) is 109 Å². The van der Waals surface area contributed by atoms with Crippen molar-refractivity contribution in [2.24, 2.45) is 0 Å². The molecule has 0 saturated heterocycles. The lowest BCUT2D eigenvalue weighted by Gasteiger charge is -2.45. The van der Waals surface area contributed by atoms with Crippen LogP contribution in [-0.4, -0.2) is 37.0 Å². The average molecular weight is 645 g/mol. The number of benzene rings is 4. The van der Waals surface area contributed by atoms with Crippen LogP contribution in [0.5, 0.6) is 0 Å². The van der Waals surface area contributed by atoms with Gasteiger partial charge in [-0.1, -0.05) is 97.1 Å². The number of ether oxygens (including phenoxy) is 2. The molecule has 2 aliphatic heterocycles. The minimum absolute atomic E-state index is 0.109. The lowest BCUT2D eigenvalue weighted by molar-refractivity contribution is -0.143. The first-order valence-corrected chi connectivity index (χ1v) is 16.5. The Morgan fingerprint density at radius 2 is 0.896 bits per heavy atom. The first-order chi connectivity index (χ1) is 23.3. The standard InChI is InChI=1S/C40H40N2O6/c1-29(43)47-25-13-23-39(33-19-9-11-21-35(33)41(37(39)45)27-31-15-5-3-6-16-31)40(24-14-26-48-30(2)44)34-20-10-12-22-36(34)42(38(40)46)28-32-17-7-4-8-18-32/h3-12,15-22H,13-14,23-28H2,1-2H3. The maximum Gasteiger partial charge on any atom is 0.302 e. The van der Waals surface area contributed by atoms with Crippen LogP contribution in [0.4, 0.5) is 11.4 Å². The molecular weight excluding hydrogens is 604 g/mol. The molecule has 0 spiro atoms. The zero-order chi connectivity index (χ0) is 33.7. The average Bonchev–Trinajstić information content (AvgIpc) is 3.47. The van der Waals surface area contributed by atoms with Crippen molar-refractivity contribution in [2.45, 2.75) is 63.5 Å². The molecule has 2 amide bonds. The second kappa shape index (κ2) is 13.9. The molecule has 0 saturated carbocycles. The highest BCUT2D eigenvalue weighted by Crippen LogP contribution is 2.62. The number of para-hydroxylation sites is 2. The molecule has 0 aliphatic carbocycles. The van der Waals surface area contributed by atoms with Crippen LogP contribution < -0.4 is 9.80 Å². The van der Waals surface area contributed by atoms with Gasteiger partial charge in [-0.15, -0.1) is 0 Å². The maximum atomic E-state index is 15.5. The van der Waals surface area contributed by atoms with Crippen LogP contribution in [0.25, 0.3) is 0 Å². The smallest absolute Gasteiger partial charge is 0.302 e. The molecule has 48 heavy (non-hydrogen) atoms. The van der Waals surface area contributed by atoms with Gasteiger partial charge in [0, 0.05) is 25.2 Å². The van der Waals surface area contributed by atoms with E-state index < -0.39 is 22.8 Å². The van der Waals surface area contributed by atoms with Gasteiger partial charge in [0.25, 0.3) is 0 Å². The Morgan fingerprint density at radius 3 is 1.27 bits per heavy atom. The van der Waals surface area contributed by atoms with Gasteiger partial charge in [0.05, 0.1) is 37.1 Å². The molecule has 2 aliphatic rings. The summed E-state index contributed by atoms with van der Waals surface area (Å²) in [7, 11) is 0. The van der Waals surface area contributed by atoms with Crippen molar-refractivity contribution in [3.05, 3.63) is 131 Å². The number of fused-ring (bicyclic) bond motifs is 2. The van der Waals surface area contributed by atoms with Crippen molar-refractivity contribution < 1.29 is 28.7 Å². The zero-order valence-corrected chi connectivity index (χ0v) is 27.4. The summed E-state index contributed by atoms with van der Waals surface area (Å²) in [6.07, 6.45) is 1.24. The quantitative estimate of drug-likeness (QED) is 0.120. The van der Waals surface area contributed by atoms with Gasteiger partial charge in [0.2, 0.25) is 11.8 Å². The summed E-state index contributed by atoms with van der Waals surface area (Å²) in [6, 6.07) is 35.1. The van der Waals surface area contributed by atoms with Gasteiger partial charge in [-0.3, -0.25) is 19.2 Å². The van der Waals surface area contributed by atoms with Crippen molar-refractivity contribution >= 4 is 35.1 Å². The SMILES string of the molecule is CC(=O)OCCCC1(C2(CCCOC(C)=O)C(=O)N(Cc3ccccc3)c3ccccc32)C(=O)N(Cc2ccccc2)c2ccccc21. The van der Waals surface area contributed by atoms with Crippen molar-refractivity contribution in [1.29, 1.82) is 0 Å². The number of hydrogen-bond acceptors (Lipinski definition) is 6. The largest absolute Gasteiger partial charge is 0.466 e. The molecule has 6 rings (SSSR count). The summed E-state index contributed by atoms with van der Waals surface area (Å²) < 4.78 is 10.8. The zero-order valence-electron chi connectivity index (χ0n) is 27.4. The predicted molar refractivity (Wildman–Crippen MR) is 183 cm³/mol. The third-order valence-corrected chi connectivity index (χ3v) is 9.63. The van der Waals surface area contributed by atoms with Crippen LogP contribution in [0.2, 0.25) is 0 Å². The fourth-order valence-electron chi connectivity index (χ4n) is 7.74.